The summed E-state index contributed by atoms with van der Waals surface area (Å²) < 4.78 is 0. The van der Waals surface area contributed by atoms with Crippen molar-refractivity contribution in [3.63, 3.8) is 0 Å². The lowest BCUT2D eigenvalue weighted by Crippen LogP contribution is -2.07. The number of aliphatic carboxylic acids is 1. The third-order valence-corrected chi connectivity index (χ3v) is 1.70. The molecule has 0 aromatic rings. The smallest absolute Gasteiger partial charge is 0.306 e. The van der Waals surface area contributed by atoms with Crippen LogP contribution in [0.25, 0.3) is 0 Å². The van der Waals surface area contributed by atoms with Gasteiger partial charge in [-0.25, -0.2) is 0 Å². The van der Waals surface area contributed by atoms with E-state index in [4.69, 9.17) is 5.11 Å². The van der Waals surface area contributed by atoms with E-state index in [0.717, 1.165) is 31.6 Å². The minimum Gasteiger partial charge on any atom is -0.481 e. The average molecular weight is 172 g/mol. The molecule has 0 amide bonds. The molecule has 1 rings (SSSR count). The first-order chi connectivity index (χ1) is 5.54. The molecular weight excluding hydrogens is 152 g/mol. The average Bonchev–Trinajstić information content (AvgIpc) is 2.34. The molecule has 12 heavy (non-hydrogen) atoms. The van der Waals surface area contributed by atoms with Crippen LogP contribution in [0, 0.1) is 11.8 Å². The lowest BCUT2D eigenvalue weighted by molar-refractivity contribution is -0.141. The van der Waals surface area contributed by atoms with E-state index in [9.17, 15) is 4.79 Å². The van der Waals surface area contributed by atoms with Crippen LogP contribution in [-0.4, -0.2) is 11.1 Å². The quantitative estimate of drug-likeness (QED) is 0.660. The van der Waals surface area contributed by atoms with Crippen LogP contribution >= 0.6 is 0 Å². The number of hydrogen-bond acceptors (Lipinski definition) is 1. The zero-order valence-electron chi connectivity index (χ0n) is 8.34. The van der Waals surface area contributed by atoms with Crippen molar-refractivity contribution >= 4 is 5.97 Å². The maximum atomic E-state index is 10.2. The molecule has 2 heteroatoms. The predicted molar refractivity (Wildman–Crippen MR) is 50.1 cm³/mol. The van der Waals surface area contributed by atoms with Crippen molar-refractivity contribution in [1.82, 2.24) is 0 Å². The number of rotatable bonds is 1. The van der Waals surface area contributed by atoms with Crippen molar-refractivity contribution < 1.29 is 9.90 Å². The largest absolute Gasteiger partial charge is 0.481 e. The van der Waals surface area contributed by atoms with Crippen LogP contribution in [0.4, 0.5) is 0 Å². The molecule has 0 heterocycles. The van der Waals surface area contributed by atoms with Gasteiger partial charge in [-0.15, -0.1) is 0 Å². The highest BCUT2D eigenvalue weighted by Crippen LogP contribution is 2.24. The van der Waals surface area contributed by atoms with Crippen molar-refractivity contribution in [2.24, 2.45) is 11.8 Å². The maximum absolute atomic E-state index is 10.2. The first-order valence-corrected chi connectivity index (χ1v) is 4.76. The summed E-state index contributed by atoms with van der Waals surface area (Å²) >= 11 is 0. The lowest BCUT2D eigenvalue weighted by Gasteiger charge is -1.97. The Morgan fingerprint density at radius 3 is 1.75 bits per heavy atom. The summed E-state index contributed by atoms with van der Waals surface area (Å²) in [5.74, 6) is 0.206. The molecule has 0 atom stereocenters. The molecule has 0 saturated heterocycles. The summed E-state index contributed by atoms with van der Waals surface area (Å²) in [6.45, 7) is 6.50. The molecule has 0 aliphatic heterocycles. The van der Waals surface area contributed by atoms with E-state index < -0.39 is 5.97 Å². The SMILES string of the molecule is CC(C)C.O=C(O)C1CCCC1. The molecule has 72 valence electrons. The molecule has 0 spiro atoms. The summed E-state index contributed by atoms with van der Waals surface area (Å²) in [6, 6.07) is 0. The van der Waals surface area contributed by atoms with E-state index in [2.05, 4.69) is 20.8 Å². The Kier molecular flexibility index (Phi) is 5.77. The fourth-order valence-electron chi connectivity index (χ4n) is 1.17. The molecule has 1 saturated carbocycles. The number of carboxylic acid groups (broad SMARTS) is 1. The van der Waals surface area contributed by atoms with Gasteiger partial charge in [0.1, 0.15) is 0 Å². The summed E-state index contributed by atoms with van der Waals surface area (Å²) in [5, 5.41) is 8.41. The standard InChI is InChI=1S/C6H10O2.C4H10/c7-6(8)5-3-1-2-4-5;1-4(2)3/h5H,1-4H2,(H,7,8);4H,1-3H3. The highest BCUT2D eigenvalue weighted by atomic mass is 16.4. The van der Waals surface area contributed by atoms with Gasteiger partial charge in [0, 0.05) is 0 Å². The van der Waals surface area contributed by atoms with Crippen LogP contribution in [0.5, 0.6) is 0 Å². The van der Waals surface area contributed by atoms with E-state index in [1.54, 1.807) is 0 Å². The van der Waals surface area contributed by atoms with Crippen molar-refractivity contribution in [1.29, 1.82) is 0 Å². The van der Waals surface area contributed by atoms with E-state index in [-0.39, 0.29) is 5.92 Å². The van der Waals surface area contributed by atoms with Crippen LogP contribution in [0.3, 0.4) is 0 Å². The molecule has 0 bridgehead atoms. The van der Waals surface area contributed by atoms with Crippen molar-refractivity contribution in [2.45, 2.75) is 46.5 Å². The molecule has 0 aromatic carbocycles. The first-order valence-electron chi connectivity index (χ1n) is 4.76. The number of hydrogen-bond donors (Lipinski definition) is 1. The molecule has 1 aliphatic carbocycles. The zero-order chi connectivity index (χ0) is 9.56. The van der Waals surface area contributed by atoms with Gasteiger partial charge in [-0.2, -0.15) is 0 Å². The Morgan fingerprint density at radius 2 is 1.58 bits per heavy atom. The highest BCUT2D eigenvalue weighted by Gasteiger charge is 2.20. The summed E-state index contributed by atoms with van der Waals surface area (Å²) in [7, 11) is 0. The normalized spacial score (nSPS) is 17.3. The second-order valence-electron chi connectivity index (χ2n) is 4.05. The molecule has 2 nitrogen and oxygen atoms in total. The molecular formula is C10H20O2. The van der Waals surface area contributed by atoms with Gasteiger partial charge in [0.2, 0.25) is 0 Å². The van der Waals surface area contributed by atoms with Crippen LogP contribution in [0.1, 0.15) is 46.5 Å². The van der Waals surface area contributed by atoms with Crippen LogP contribution < -0.4 is 0 Å². The van der Waals surface area contributed by atoms with Crippen LogP contribution in [0.15, 0.2) is 0 Å². The second-order valence-corrected chi connectivity index (χ2v) is 4.05. The van der Waals surface area contributed by atoms with Gasteiger partial charge < -0.3 is 5.11 Å². The molecule has 0 unspecified atom stereocenters. The predicted octanol–water partition coefficient (Wildman–Crippen LogP) is 2.92. The van der Waals surface area contributed by atoms with E-state index in [0.29, 0.717) is 0 Å². The highest BCUT2D eigenvalue weighted by molar-refractivity contribution is 5.70. The maximum Gasteiger partial charge on any atom is 0.306 e. The van der Waals surface area contributed by atoms with Crippen molar-refractivity contribution in [3.05, 3.63) is 0 Å². The minimum absolute atomic E-state index is 0.0185. The Bertz CT molecular complexity index is 121. The van der Waals surface area contributed by atoms with E-state index in [1.807, 2.05) is 0 Å². The topological polar surface area (TPSA) is 37.3 Å². The van der Waals surface area contributed by atoms with Crippen LogP contribution in [0.2, 0.25) is 0 Å². The minimum atomic E-state index is -0.609. The second kappa shape index (κ2) is 6.04. The summed E-state index contributed by atoms with van der Waals surface area (Å²) in [6.07, 6.45) is 4.01. The van der Waals surface area contributed by atoms with Gasteiger partial charge in [0.15, 0.2) is 0 Å². The van der Waals surface area contributed by atoms with Gasteiger partial charge in [-0.3, -0.25) is 4.79 Å². The number of carboxylic acids is 1. The van der Waals surface area contributed by atoms with E-state index in [1.165, 1.54) is 0 Å². The molecule has 1 N–H and O–H groups in total. The Labute approximate surface area is 75.0 Å². The van der Waals surface area contributed by atoms with Gasteiger partial charge in [-0.1, -0.05) is 33.6 Å². The number of carbonyl (C=O) groups is 1. The molecule has 0 radical (unpaired) electrons. The van der Waals surface area contributed by atoms with Gasteiger partial charge >= 0.3 is 5.97 Å². The summed E-state index contributed by atoms with van der Waals surface area (Å²) in [5.41, 5.74) is 0. The fourth-order valence-corrected chi connectivity index (χ4v) is 1.17. The molecule has 1 aliphatic rings. The monoisotopic (exact) mass is 172 g/mol. The first kappa shape index (κ1) is 11.5. The molecule has 0 aromatic heterocycles. The zero-order valence-corrected chi connectivity index (χ0v) is 8.34. The van der Waals surface area contributed by atoms with Crippen molar-refractivity contribution in [2.75, 3.05) is 0 Å². The van der Waals surface area contributed by atoms with Gasteiger partial charge in [0.05, 0.1) is 5.92 Å². The Morgan fingerprint density at radius 1 is 1.25 bits per heavy atom. The van der Waals surface area contributed by atoms with Crippen molar-refractivity contribution in [3.8, 4) is 0 Å². The van der Waals surface area contributed by atoms with Gasteiger partial charge in [0.25, 0.3) is 0 Å². The summed E-state index contributed by atoms with van der Waals surface area (Å²) in [4.78, 5) is 10.2. The Balaban J connectivity index is 0.000000261. The third-order valence-electron chi connectivity index (χ3n) is 1.70. The lowest BCUT2D eigenvalue weighted by atomic mass is 10.1. The van der Waals surface area contributed by atoms with E-state index >= 15 is 0 Å². The third kappa shape index (κ3) is 6.20. The van der Waals surface area contributed by atoms with Crippen LogP contribution in [-0.2, 0) is 4.79 Å². The molecule has 1 fully saturated rings. The fraction of sp³-hybridized carbons (Fsp3) is 0.900. The Hall–Kier alpha value is -0.530. The van der Waals surface area contributed by atoms with Gasteiger partial charge in [-0.05, 0) is 18.8 Å².